The van der Waals surface area contributed by atoms with E-state index in [-0.39, 0.29) is 18.8 Å². The van der Waals surface area contributed by atoms with Crippen LogP contribution in [0.25, 0.3) is 0 Å². The Labute approximate surface area is 123 Å². The highest BCUT2D eigenvalue weighted by atomic mass is 16.7. The highest BCUT2D eigenvalue weighted by Gasteiger charge is 2.39. The van der Waals surface area contributed by atoms with Crippen LogP contribution in [-0.4, -0.2) is 29.0 Å². The third kappa shape index (κ3) is 6.92. The van der Waals surface area contributed by atoms with E-state index in [2.05, 4.69) is 22.3 Å². The predicted octanol–water partition coefficient (Wildman–Crippen LogP) is 3.84. The molecule has 0 amide bonds. The zero-order chi connectivity index (χ0) is 14.8. The lowest BCUT2D eigenvalue weighted by atomic mass is 9.96. The molecule has 3 rings (SSSR count). The number of aromatic nitrogens is 2. The first-order valence-corrected chi connectivity index (χ1v) is 7.44. The second-order valence-corrected chi connectivity index (χ2v) is 5.59. The van der Waals surface area contributed by atoms with Crippen molar-refractivity contribution in [2.45, 2.75) is 65.0 Å². The van der Waals surface area contributed by atoms with Crippen molar-refractivity contribution in [1.82, 2.24) is 10.2 Å². The quantitative estimate of drug-likeness (QED) is 0.579. The second-order valence-electron chi connectivity index (χ2n) is 5.59. The van der Waals surface area contributed by atoms with Crippen molar-refractivity contribution in [1.29, 1.82) is 0 Å². The Morgan fingerprint density at radius 2 is 1.90 bits per heavy atom. The zero-order valence-corrected chi connectivity index (χ0v) is 13.1. The van der Waals surface area contributed by atoms with Crippen molar-refractivity contribution in [2.24, 2.45) is 0 Å². The average Bonchev–Trinajstić information content (AvgIpc) is 3.05. The minimum atomic E-state index is -0.0978. The van der Waals surface area contributed by atoms with Gasteiger partial charge in [-0.2, -0.15) is 5.10 Å². The normalized spacial score (nSPS) is 23.4. The number of allylic oxidation sites excluding steroid dienone is 2. The molecule has 1 unspecified atom stereocenters. The van der Waals surface area contributed by atoms with Crippen LogP contribution in [0.3, 0.4) is 0 Å². The number of hydrogen-bond donors (Lipinski definition) is 1. The van der Waals surface area contributed by atoms with E-state index in [0.717, 1.165) is 0 Å². The van der Waals surface area contributed by atoms with E-state index in [1.54, 1.807) is 12.4 Å². The molecule has 1 aliphatic carbocycles. The SMILES string of the molecule is C1=CCCCC1.CB1OC(C)C(C)(C)O1.c1cn[nH]c1. The van der Waals surface area contributed by atoms with Gasteiger partial charge in [-0.1, -0.05) is 12.2 Å². The average molecular weight is 278 g/mol. The van der Waals surface area contributed by atoms with Gasteiger partial charge in [-0.05, 0) is 59.3 Å². The van der Waals surface area contributed by atoms with Gasteiger partial charge < -0.3 is 9.31 Å². The summed E-state index contributed by atoms with van der Waals surface area (Å²) in [6, 6.07) is 1.83. The van der Waals surface area contributed by atoms with Crippen LogP contribution in [0.4, 0.5) is 0 Å². The molecule has 4 nitrogen and oxygen atoms in total. The molecule has 112 valence electrons. The smallest absolute Gasteiger partial charge is 0.406 e. The van der Waals surface area contributed by atoms with Crippen LogP contribution in [0.15, 0.2) is 30.6 Å². The summed E-state index contributed by atoms with van der Waals surface area (Å²) >= 11 is 0. The van der Waals surface area contributed by atoms with E-state index in [0.29, 0.717) is 0 Å². The predicted molar refractivity (Wildman–Crippen MR) is 83.5 cm³/mol. The molecule has 5 heteroatoms. The highest BCUT2D eigenvalue weighted by molar-refractivity contribution is 6.43. The Hall–Kier alpha value is -1.07. The third-order valence-electron chi connectivity index (χ3n) is 3.41. The first-order chi connectivity index (χ1) is 9.52. The second kappa shape index (κ2) is 8.98. The summed E-state index contributed by atoms with van der Waals surface area (Å²) < 4.78 is 10.8. The molecule has 1 fully saturated rings. The number of hydrogen-bond acceptors (Lipinski definition) is 3. The van der Waals surface area contributed by atoms with E-state index < -0.39 is 0 Å². The fourth-order valence-corrected chi connectivity index (χ4v) is 1.98. The van der Waals surface area contributed by atoms with E-state index in [1.165, 1.54) is 25.7 Å². The number of nitrogens with zero attached hydrogens (tertiary/aromatic N) is 1. The molecule has 0 radical (unpaired) electrons. The standard InChI is InChI=1S/C6H13BO2.C6H10.C3H4N2/c1-5-6(2,3)9-7(4)8-5;1-2-4-6-5-3-1;1-2-4-5-3-1/h5H,1-4H3;1-2H,3-6H2;1-3H,(H,4,5). The molecule has 0 bridgehead atoms. The Morgan fingerprint density at radius 3 is 2.05 bits per heavy atom. The van der Waals surface area contributed by atoms with Crippen LogP contribution in [0.1, 0.15) is 46.5 Å². The largest absolute Gasteiger partial charge is 0.454 e. The van der Waals surface area contributed by atoms with Crippen molar-refractivity contribution >= 4 is 7.12 Å². The van der Waals surface area contributed by atoms with Crippen molar-refractivity contribution < 1.29 is 9.31 Å². The van der Waals surface area contributed by atoms with Crippen molar-refractivity contribution in [3.05, 3.63) is 30.6 Å². The minimum absolute atomic E-state index is 0.0324. The molecule has 0 spiro atoms. The first kappa shape index (κ1) is 17.0. The molecule has 0 saturated carbocycles. The lowest BCUT2D eigenvalue weighted by Gasteiger charge is -2.21. The van der Waals surface area contributed by atoms with Gasteiger partial charge in [-0.15, -0.1) is 0 Å². The molecule has 1 aliphatic heterocycles. The topological polar surface area (TPSA) is 47.1 Å². The molecular weight excluding hydrogens is 251 g/mol. The summed E-state index contributed by atoms with van der Waals surface area (Å²) in [5.74, 6) is 0. The van der Waals surface area contributed by atoms with Gasteiger partial charge in [-0.25, -0.2) is 0 Å². The number of nitrogens with one attached hydrogen (secondary N) is 1. The molecule has 1 atom stereocenters. The Bertz CT molecular complexity index is 341. The molecule has 0 aromatic carbocycles. The van der Waals surface area contributed by atoms with Crippen LogP contribution >= 0.6 is 0 Å². The van der Waals surface area contributed by atoms with Gasteiger partial charge in [0.05, 0.1) is 11.7 Å². The van der Waals surface area contributed by atoms with Crippen molar-refractivity contribution in [3.8, 4) is 0 Å². The number of aromatic amines is 1. The Kier molecular flexibility index (Phi) is 7.63. The van der Waals surface area contributed by atoms with Crippen LogP contribution in [-0.2, 0) is 9.31 Å². The van der Waals surface area contributed by atoms with Gasteiger partial charge in [0, 0.05) is 12.4 Å². The van der Waals surface area contributed by atoms with E-state index in [9.17, 15) is 0 Å². The Morgan fingerprint density at radius 1 is 1.25 bits per heavy atom. The summed E-state index contributed by atoms with van der Waals surface area (Å²) in [5, 5.41) is 6.21. The van der Waals surface area contributed by atoms with E-state index in [4.69, 9.17) is 9.31 Å². The number of H-pyrrole nitrogens is 1. The van der Waals surface area contributed by atoms with Crippen LogP contribution in [0, 0.1) is 0 Å². The molecule has 2 heterocycles. The summed E-state index contributed by atoms with van der Waals surface area (Å²) in [4.78, 5) is 0. The number of rotatable bonds is 0. The van der Waals surface area contributed by atoms with E-state index >= 15 is 0 Å². The van der Waals surface area contributed by atoms with Gasteiger partial charge >= 0.3 is 7.12 Å². The monoisotopic (exact) mass is 278 g/mol. The van der Waals surface area contributed by atoms with Crippen LogP contribution in [0.2, 0.25) is 6.82 Å². The van der Waals surface area contributed by atoms with Gasteiger partial charge in [0.1, 0.15) is 0 Å². The fraction of sp³-hybridized carbons (Fsp3) is 0.667. The van der Waals surface area contributed by atoms with Gasteiger partial charge in [0.2, 0.25) is 0 Å². The molecule has 1 aromatic heterocycles. The zero-order valence-electron chi connectivity index (χ0n) is 13.1. The molecule has 20 heavy (non-hydrogen) atoms. The van der Waals surface area contributed by atoms with Crippen molar-refractivity contribution in [3.63, 3.8) is 0 Å². The van der Waals surface area contributed by atoms with E-state index in [1.807, 2.05) is 33.7 Å². The maximum Gasteiger partial charge on any atom is 0.454 e. The maximum atomic E-state index is 5.44. The highest BCUT2D eigenvalue weighted by Crippen LogP contribution is 2.26. The van der Waals surface area contributed by atoms with Gasteiger partial charge in [-0.3, -0.25) is 5.10 Å². The summed E-state index contributed by atoms with van der Waals surface area (Å²) in [6.07, 6.45) is 13.7. The summed E-state index contributed by atoms with van der Waals surface area (Å²) in [7, 11) is -0.0324. The first-order valence-electron chi connectivity index (χ1n) is 7.44. The Balaban J connectivity index is 0.000000158. The molecule has 2 aliphatic rings. The van der Waals surface area contributed by atoms with Gasteiger partial charge in [0.15, 0.2) is 0 Å². The maximum absolute atomic E-state index is 5.44. The van der Waals surface area contributed by atoms with Gasteiger partial charge in [0.25, 0.3) is 0 Å². The molecular formula is C15H27BN2O2. The van der Waals surface area contributed by atoms with Crippen molar-refractivity contribution in [2.75, 3.05) is 0 Å². The molecule has 1 aromatic rings. The van der Waals surface area contributed by atoms with Crippen LogP contribution < -0.4 is 0 Å². The minimum Gasteiger partial charge on any atom is -0.406 e. The lowest BCUT2D eigenvalue weighted by molar-refractivity contribution is 0.0841. The molecule has 1 N–H and O–H groups in total. The van der Waals surface area contributed by atoms with Crippen LogP contribution in [0.5, 0.6) is 0 Å². The fourth-order valence-electron chi connectivity index (χ4n) is 1.98. The summed E-state index contributed by atoms with van der Waals surface area (Å²) in [5.41, 5.74) is -0.0978. The lowest BCUT2D eigenvalue weighted by Crippen LogP contribution is -2.30. The third-order valence-corrected chi connectivity index (χ3v) is 3.41. The summed E-state index contributed by atoms with van der Waals surface area (Å²) in [6.45, 7) is 8.04. The molecule has 1 saturated heterocycles.